The third-order valence-electron chi connectivity index (χ3n) is 3.38. The summed E-state index contributed by atoms with van der Waals surface area (Å²) in [5.41, 5.74) is 1.32. The lowest BCUT2D eigenvalue weighted by atomic mass is 9.97. The van der Waals surface area contributed by atoms with Gasteiger partial charge >= 0.3 is 5.97 Å². The molecule has 1 heterocycles. The largest absolute Gasteiger partial charge is 0.465 e. The molecule has 1 N–H and O–H groups in total. The number of methoxy groups -OCH3 is 1. The molecule has 2 rings (SSSR count). The van der Waals surface area contributed by atoms with Crippen LogP contribution in [-0.2, 0) is 21.0 Å². The summed E-state index contributed by atoms with van der Waals surface area (Å²) in [6, 6.07) is 2.93. The Bertz CT molecular complexity index is 618. The van der Waals surface area contributed by atoms with Crippen molar-refractivity contribution in [2.45, 2.75) is 30.8 Å². The van der Waals surface area contributed by atoms with Gasteiger partial charge in [0, 0.05) is 0 Å². The number of benzene rings is 1. The van der Waals surface area contributed by atoms with Crippen LogP contribution in [0.4, 0.5) is 0 Å². The van der Waals surface area contributed by atoms with E-state index in [9.17, 15) is 18.3 Å². The minimum atomic E-state index is -3.43. The van der Waals surface area contributed by atoms with Crippen LogP contribution in [0.5, 0.6) is 0 Å². The van der Waals surface area contributed by atoms with E-state index in [1.165, 1.54) is 13.2 Å². The van der Waals surface area contributed by atoms with Gasteiger partial charge in [-0.3, -0.25) is 0 Å². The molecule has 5 nitrogen and oxygen atoms in total. The lowest BCUT2D eigenvalue weighted by Crippen LogP contribution is -2.21. The van der Waals surface area contributed by atoms with E-state index in [-0.39, 0.29) is 22.6 Å². The molecule has 19 heavy (non-hydrogen) atoms. The average molecular weight is 284 g/mol. The Balaban J connectivity index is 2.71. The zero-order chi connectivity index (χ0) is 14.2. The van der Waals surface area contributed by atoms with Gasteiger partial charge in [-0.1, -0.05) is 13.0 Å². The number of hydrogen-bond donors (Lipinski definition) is 1. The molecule has 1 aliphatic heterocycles. The van der Waals surface area contributed by atoms with Crippen LogP contribution in [0.15, 0.2) is 17.0 Å². The topological polar surface area (TPSA) is 80.7 Å². The van der Waals surface area contributed by atoms with E-state index >= 15 is 0 Å². The maximum atomic E-state index is 12.0. The monoisotopic (exact) mass is 284 g/mol. The quantitative estimate of drug-likeness (QED) is 0.827. The molecule has 1 unspecified atom stereocenters. The predicted octanol–water partition coefficient (Wildman–Crippen LogP) is 1.25. The SMILES string of the molecule is CCc1cc2c(cc1C(=O)OC)S(=O)(=O)CCC2O. The number of aliphatic hydroxyl groups excluding tert-OH is 1. The van der Waals surface area contributed by atoms with E-state index in [0.717, 1.165) is 0 Å². The van der Waals surface area contributed by atoms with Crippen molar-refractivity contribution in [3.63, 3.8) is 0 Å². The number of esters is 1. The van der Waals surface area contributed by atoms with Crippen molar-refractivity contribution in [3.8, 4) is 0 Å². The van der Waals surface area contributed by atoms with E-state index in [1.54, 1.807) is 6.07 Å². The number of carbonyl (C=O) groups excluding carboxylic acids is 1. The first-order chi connectivity index (χ1) is 8.90. The molecule has 0 saturated heterocycles. The molecule has 0 aliphatic carbocycles. The van der Waals surface area contributed by atoms with Crippen molar-refractivity contribution in [3.05, 3.63) is 28.8 Å². The normalized spacial score (nSPS) is 20.7. The highest BCUT2D eigenvalue weighted by Gasteiger charge is 2.31. The van der Waals surface area contributed by atoms with Crippen LogP contribution in [0.25, 0.3) is 0 Å². The first-order valence-corrected chi connectivity index (χ1v) is 7.72. The van der Waals surface area contributed by atoms with Gasteiger partial charge in [0.15, 0.2) is 9.84 Å². The Hall–Kier alpha value is -1.40. The maximum absolute atomic E-state index is 12.0. The Morgan fingerprint density at radius 2 is 2.16 bits per heavy atom. The second kappa shape index (κ2) is 4.94. The minimum absolute atomic E-state index is 0.0452. The van der Waals surface area contributed by atoms with Crippen molar-refractivity contribution in [2.24, 2.45) is 0 Å². The van der Waals surface area contributed by atoms with Gasteiger partial charge in [-0.2, -0.15) is 0 Å². The average Bonchev–Trinajstić information content (AvgIpc) is 2.41. The van der Waals surface area contributed by atoms with Crippen molar-refractivity contribution in [1.29, 1.82) is 0 Å². The molecule has 104 valence electrons. The second-order valence-corrected chi connectivity index (χ2v) is 6.59. The van der Waals surface area contributed by atoms with E-state index < -0.39 is 21.9 Å². The van der Waals surface area contributed by atoms with Crippen LogP contribution in [-0.4, -0.2) is 32.4 Å². The van der Waals surface area contributed by atoms with Crippen LogP contribution in [0.3, 0.4) is 0 Å². The van der Waals surface area contributed by atoms with E-state index in [1.807, 2.05) is 6.92 Å². The van der Waals surface area contributed by atoms with Gasteiger partial charge in [0.05, 0.1) is 29.4 Å². The Labute approximate surface area is 112 Å². The first kappa shape index (κ1) is 14.0. The highest BCUT2D eigenvalue weighted by atomic mass is 32.2. The number of fused-ring (bicyclic) bond motifs is 1. The lowest BCUT2D eigenvalue weighted by molar-refractivity contribution is 0.0599. The minimum Gasteiger partial charge on any atom is -0.465 e. The van der Waals surface area contributed by atoms with Gasteiger partial charge in [0.25, 0.3) is 0 Å². The summed E-state index contributed by atoms with van der Waals surface area (Å²) in [5, 5.41) is 9.92. The summed E-state index contributed by atoms with van der Waals surface area (Å²) in [4.78, 5) is 11.7. The van der Waals surface area contributed by atoms with Gasteiger partial charge in [-0.15, -0.1) is 0 Å². The number of rotatable bonds is 2. The fraction of sp³-hybridized carbons (Fsp3) is 0.462. The fourth-order valence-corrected chi connectivity index (χ4v) is 3.90. The molecule has 1 atom stereocenters. The molecule has 0 bridgehead atoms. The summed E-state index contributed by atoms with van der Waals surface area (Å²) >= 11 is 0. The van der Waals surface area contributed by atoms with Gasteiger partial charge in [0.1, 0.15) is 0 Å². The Kier molecular flexibility index (Phi) is 3.64. The smallest absolute Gasteiger partial charge is 0.338 e. The van der Waals surface area contributed by atoms with E-state index in [2.05, 4.69) is 4.74 Å². The molecule has 1 aromatic carbocycles. The van der Waals surface area contributed by atoms with Crippen LogP contribution in [0.2, 0.25) is 0 Å². The van der Waals surface area contributed by atoms with Gasteiger partial charge < -0.3 is 9.84 Å². The number of aryl methyl sites for hydroxylation is 1. The zero-order valence-electron chi connectivity index (χ0n) is 10.8. The van der Waals surface area contributed by atoms with Crippen molar-refractivity contribution >= 4 is 15.8 Å². The van der Waals surface area contributed by atoms with Gasteiger partial charge in [0.2, 0.25) is 0 Å². The lowest BCUT2D eigenvalue weighted by Gasteiger charge is -2.23. The molecular formula is C13H16O5S. The maximum Gasteiger partial charge on any atom is 0.338 e. The first-order valence-electron chi connectivity index (χ1n) is 6.06. The number of sulfone groups is 1. The van der Waals surface area contributed by atoms with Crippen LogP contribution < -0.4 is 0 Å². The highest BCUT2D eigenvalue weighted by Crippen LogP contribution is 2.34. The van der Waals surface area contributed by atoms with Crippen molar-refractivity contribution < 1.29 is 23.1 Å². The standard InChI is InChI=1S/C13H16O5S/c1-3-8-6-10-11(14)4-5-19(16,17)12(10)7-9(8)13(15)18-2/h6-7,11,14H,3-5H2,1-2H3. The van der Waals surface area contributed by atoms with Gasteiger partial charge in [-0.05, 0) is 30.0 Å². The predicted molar refractivity (Wildman–Crippen MR) is 68.8 cm³/mol. The summed E-state index contributed by atoms with van der Waals surface area (Å²) in [5.74, 6) is -0.664. The van der Waals surface area contributed by atoms with Crippen LogP contribution in [0, 0.1) is 0 Å². The molecule has 0 fully saturated rings. The third-order valence-corrected chi connectivity index (χ3v) is 5.17. The number of carbonyl (C=O) groups is 1. The number of aliphatic hydroxyl groups is 1. The van der Waals surface area contributed by atoms with E-state index in [4.69, 9.17) is 0 Å². The summed E-state index contributed by atoms with van der Waals surface area (Å²) in [6.07, 6.45) is -0.0453. The number of hydrogen-bond acceptors (Lipinski definition) is 5. The van der Waals surface area contributed by atoms with Crippen LogP contribution in [0.1, 0.15) is 40.9 Å². The summed E-state index contributed by atoms with van der Waals surface area (Å²) in [6.45, 7) is 1.86. The van der Waals surface area contributed by atoms with Crippen molar-refractivity contribution in [2.75, 3.05) is 12.9 Å². The third kappa shape index (κ3) is 2.37. The Morgan fingerprint density at radius 3 is 2.74 bits per heavy atom. The molecule has 0 radical (unpaired) electrons. The highest BCUT2D eigenvalue weighted by molar-refractivity contribution is 7.91. The van der Waals surface area contributed by atoms with Gasteiger partial charge in [-0.25, -0.2) is 13.2 Å². The molecule has 1 aliphatic rings. The molecule has 1 aromatic rings. The molecule has 0 amide bonds. The summed E-state index contributed by atoms with van der Waals surface area (Å²) in [7, 11) is -2.18. The molecular weight excluding hydrogens is 268 g/mol. The number of ether oxygens (including phenoxy) is 1. The fourth-order valence-electron chi connectivity index (χ4n) is 2.30. The summed E-state index contributed by atoms with van der Waals surface area (Å²) < 4.78 is 28.7. The molecule has 6 heteroatoms. The molecule has 0 saturated carbocycles. The van der Waals surface area contributed by atoms with Crippen LogP contribution >= 0.6 is 0 Å². The zero-order valence-corrected chi connectivity index (χ0v) is 11.7. The second-order valence-electron chi connectivity index (χ2n) is 4.52. The van der Waals surface area contributed by atoms with Crippen molar-refractivity contribution in [1.82, 2.24) is 0 Å². The van der Waals surface area contributed by atoms with E-state index in [0.29, 0.717) is 17.5 Å². The molecule has 0 aromatic heterocycles. The Morgan fingerprint density at radius 1 is 1.47 bits per heavy atom. The molecule has 0 spiro atoms.